The first kappa shape index (κ1) is 28.2. The number of fused-ring (bicyclic) bond motifs is 1. The van der Waals surface area contributed by atoms with E-state index in [1.807, 2.05) is 30.3 Å². The average Bonchev–Trinajstić information content (AvgIpc) is 3.43. The lowest BCUT2D eigenvalue weighted by atomic mass is 9.94. The summed E-state index contributed by atoms with van der Waals surface area (Å²) in [6, 6.07) is 11.4. The molecular formula is C30H37N5O4S. The predicted octanol–water partition coefficient (Wildman–Crippen LogP) is 5.29. The molecule has 0 spiro atoms. The predicted molar refractivity (Wildman–Crippen MR) is 158 cm³/mol. The molecule has 0 bridgehead atoms. The molecule has 1 N–H and O–H groups in total. The molecule has 0 amide bonds. The van der Waals surface area contributed by atoms with Crippen molar-refractivity contribution in [2.45, 2.75) is 63.0 Å². The third-order valence-electron chi connectivity index (χ3n) is 7.67. The van der Waals surface area contributed by atoms with E-state index in [9.17, 15) is 9.35 Å². The molecule has 0 saturated carbocycles. The van der Waals surface area contributed by atoms with Crippen molar-refractivity contribution in [1.29, 1.82) is 0 Å². The average molecular weight is 564 g/mol. The van der Waals surface area contributed by atoms with Crippen LogP contribution in [0.25, 0.3) is 11.0 Å². The minimum atomic E-state index is -1.24. The van der Waals surface area contributed by atoms with E-state index in [0.29, 0.717) is 22.3 Å². The molecule has 4 aromatic rings. The van der Waals surface area contributed by atoms with Crippen molar-refractivity contribution in [2.24, 2.45) is 0 Å². The lowest BCUT2D eigenvalue weighted by molar-refractivity contribution is 0.114. The first-order chi connectivity index (χ1) is 19.4. The van der Waals surface area contributed by atoms with Gasteiger partial charge in [-0.15, -0.1) is 0 Å². The number of hydrogen-bond donors (Lipinski definition) is 1. The standard InChI is InChI=1S/C30H37N5O4S/c1-5-20(6-2)25-17-21-18-31-30(32-22-7-9-23(10-8-22)39-24-11-14-34(3)15-12-24)33-28(21)35(29(25)36)19-26-27(40(4)37)13-16-38-26/h7-10,13,16-18,20,24H,5-6,11-12,14-15,19H2,1-4H3,(H,31,32,33). The van der Waals surface area contributed by atoms with Crippen LogP contribution < -0.4 is 15.6 Å². The number of piperidine rings is 1. The van der Waals surface area contributed by atoms with Crippen molar-refractivity contribution in [3.8, 4) is 5.75 Å². The Balaban J connectivity index is 1.44. The molecular weight excluding hydrogens is 526 g/mol. The van der Waals surface area contributed by atoms with Gasteiger partial charge in [-0.05, 0) is 80.2 Å². The highest BCUT2D eigenvalue weighted by Crippen LogP contribution is 2.26. The van der Waals surface area contributed by atoms with Gasteiger partial charge in [-0.2, -0.15) is 4.98 Å². The van der Waals surface area contributed by atoms with E-state index in [4.69, 9.17) is 14.1 Å². The molecule has 1 aromatic carbocycles. The number of hydrogen-bond acceptors (Lipinski definition) is 8. The molecule has 4 heterocycles. The zero-order chi connectivity index (χ0) is 28.2. The highest BCUT2D eigenvalue weighted by Gasteiger charge is 2.22. The number of benzene rings is 1. The van der Waals surface area contributed by atoms with Crippen LogP contribution in [0.1, 0.15) is 56.8 Å². The van der Waals surface area contributed by atoms with Gasteiger partial charge in [-0.1, -0.05) is 13.8 Å². The highest BCUT2D eigenvalue weighted by molar-refractivity contribution is 7.90. The maximum Gasteiger partial charge on any atom is 0.256 e. The van der Waals surface area contributed by atoms with Gasteiger partial charge in [0.2, 0.25) is 5.95 Å². The van der Waals surface area contributed by atoms with E-state index < -0.39 is 11.2 Å². The number of pyridine rings is 1. The number of likely N-dealkylation sites (tertiary alicyclic amines) is 1. The fraction of sp³-hybridized carbons (Fsp3) is 0.433. The fourth-order valence-corrected chi connectivity index (χ4v) is 5.97. The Kier molecular flexibility index (Phi) is 8.78. The van der Waals surface area contributed by atoms with Crippen molar-refractivity contribution in [1.82, 2.24) is 19.4 Å². The zero-order valence-electron chi connectivity index (χ0n) is 23.6. The van der Waals surface area contributed by atoms with E-state index in [2.05, 4.69) is 36.1 Å². The number of nitrogens with zero attached hydrogens (tertiary/aromatic N) is 4. The van der Waals surface area contributed by atoms with E-state index >= 15 is 0 Å². The summed E-state index contributed by atoms with van der Waals surface area (Å²) >= 11 is -1.24. The number of anilines is 2. The molecule has 1 aliphatic rings. The summed E-state index contributed by atoms with van der Waals surface area (Å²) in [6.07, 6.45) is 8.83. The van der Waals surface area contributed by atoms with Gasteiger partial charge in [-0.25, -0.2) is 4.98 Å². The summed E-state index contributed by atoms with van der Waals surface area (Å²) < 4.78 is 25.7. The molecule has 40 heavy (non-hydrogen) atoms. The molecule has 212 valence electrons. The minimum absolute atomic E-state index is 0.118. The largest absolute Gasteiger partial charge is 0.612 e. The van der Waals surface area contributed by atoms with Gasteiger partial charge in [0.25, 0.3) is 5.56 Å². The smallest absolute Gasteiger partial charge is 0.256 e. The first-order valence-electron chi connectivity index (χ1n) is 13.9. The van der Waals surface area contributed by atoms with Gasteiger partial charge in [0, 0.05) is 42.0 Å². The topological polar surface area (TPSA) is 108 Å². The van der Waals surface area contributed by atoms with Crippen LogP contribution >= 0.6 is 0 Å². The van der Waals surface area contributed by atoms with Crippen LogP contribution in [-0.4, -0.2) is 56.5 Å². The van der Waals surface area contributed by atoms with Crippen molar-refractivity contribution < 1.29 is 13.7 Å². The summed E-state index contributed by atoms with van der Waals surface area (Å²) in [4.78, 5) is 26.0. The Hall–Kier alpha value is -3.34. The minimum Gasteiger partial charge on any atom is -0.612 e. The van der Waals surface area contributed by atoms with Crippen molar-refractivity contribution >= 4 is 33.8 Å². The second-order valence-electron chi connectivity index (χ2n) is 10.4. The summed E-state index contributed by atoms with van der Waals surface area (Å²) in [5, 5.41) is 4.02. The van der Waals surface area contributed by atoms with Crippen molar-refractivity contribution in [3.05, 3.63) is 70.5 Å². The Morgan fingerprint density at radius 1 is 1.18 bits per heavy atom. The third kappa shape index (κ3) is 6.19. The molecule has 3 aromatic heterocycles. The van der Waals surface area contributed by atoms with Gasteiger partial charge in [0.15, 0.2) is 10.7 Å². The van der Waals surface area contributed by atoms with Crippen LogP contribution in [0.5, 0.6) is 5.75 Å². The fourth-order valence-electron chi connectivity index (χ4n) is 5.29. The van der Waals surface area contributed by atoms with Crippen LogP contribution in [0.15, 0.2) is 63.0 Å². The Labute approximate surface area is 237 Å². The van der Waals surface area contributed by atoms with Crippen LogP contribution in [0.3, 0.4) is 0 Å². The molecule has 1 aliphatic heterocycles. The normalized spacial score (nSPS) is 15.6. The van der Waals surface area contributed by atoms with E-state index in [1.165, 1.54) is 6.26 Å². The van der Waals surface area contributed by atoms with Crippen molar-refractivity contribution in [3.63, 3.8) is 0 Å². The van der Waals surface area contributed by atoms with E-state index in [0.717, 1.165) is 61.2 Å². The quantitative estimate of drug-likeness (QED) is 0.259. The third-order valence-corrected chi connectivity index (χ3v) is 8.66. The van der Waals surface area contributed by atoms with Gasteiger partial charge >= 0.3 is 0 Å². The van der Waals surface area contributed by atoms with E-state index in [-0.39, 0.29) is 24.1 Å². The Morgan fingerprint density at radius 3 is 2.58 bits per heavy atom. The molecule has 1 saturated heterocycles. The number of nitrogens with one attached hydrogen (secondary N) is 1. The summed E-state index contributed by atoms with van der Waals surface area (Å²) in [6.45, 7) is 6.39. The molecule has 0 aliphatic carbocycles. The zero-order valence-corrected chi connectivity index (χ0v) is 24.4. The second kappa shape index (κ2) is 12.4. The molecule has 10 heteroatoms. The molecule has 0 radical (unpaired) electrons. The lowest BCUT2D eigenvalue weighted by Gasteiger charge is -2.29. The summed E-state index contributed by atoms with van der Waals surface area (Å²) in [5.74, 6) is 1.82. The molecule has 5 rings (SSSR count). The van der Waals surface area contributed by atoms with E-state index in [1.54, 1.807) is 23.1 Å². The van der Waals surface area contributed by atoms with Crippen LogP contribution in [0.2, 0.25) is 0 Å². The van der Waals surface area contributed by atoms with Crippen LogP contribution in [-0.2, 0) is 17.7 Å². The first-order valence-corrected chi connectivity index (χ1v) is 15.4. The molecule has 1 unspecified atom stereocenters. The van der Waals surface area contributed by atoms with Crippen LogP contribution in [0, 0.1) is 0 Å². The lowest BCUT2D eigenvalue weighted by Crippen LogP contribution is -2.35. The molecule has 1 fully saturated rings. The number of rotatable bonds is 10. The van der Waals surface area contributed by atoms with Gasteiger partial charge < -0.3 is 23.9 Å². The Morgan fingerprint density at radius 2 is 1.90 bits per heavy atom. The monoisotopic (exact) mass is 563 g/mol. The second-order valence-corrected chi connectivity index (χ2v) is 11.8. The SMILES string of the molecule is CCC(CC)c1cc2cnc(Nc3ccc(OC4CCN(C)CC4)cc3)nc2n(Cc2occc2[S+](C)[O-])c1=O. The highest BCUT2D eigenvalue weighted by atomic mass is 32.2. The van der Waals surface area contributed by atoms with Crippen molar-refractivity contribution in [2.75, 3.05) is 31.7 Å². The number of furan rings is 1. The van der Waals surface area contributed by atoms with Gasteiger partial charge in [-0.3, -0.25) is 9.36 Å². The number of ether oxygens (including phenoxy) is 1. The van der Waals surface area contributed by atoms with Crippen LogP contribution in [0.4, 0.5) is 11.6 Å². The Bertz CT molecular complexity index is 1490. The van der Waals surface area contributed by atoms with Gasteiger partial charge in [0.1, 0.15) is 23.8 Å². The summed E-state index contributed by atoms with van der Waals surface area (Å²) in [7, 11) is 2.14. The molecule has 9 nitrogen and oxygen atoms in total. The van der Waals surface area contributed by atoms with Gasteiger partial charge in [0.05, 0.1) is 12.8 Å². The maximum absolute atomic E-state index is 13.8. The summed E-state index contributed by atoms with van der Waals surface area (Å²) in [5.41, 5.74) is 1.91. The molecule has 1 atom stereocenters. The maximum atomic E-state index is 13.8. The number of aromatic nitrogens is 3.